The molecule has 0 radical (unpaired) electrons. The summed E-state index contributed by atoms with van der Waals surface area (Å²) in [6.45, 7) is 4.49. The molecular formula is C20H16Cl2N4O2S2. The number of fused-ring (bicyclic) bond motifs is 2. The largest absolute Gasteiger partial charge is 0.494 e. The van der Waals surface area contributed by atoms with Gasteiger partial charge in [0.25, 0.3) is 0 Å². The van der Waals surface area contributed by atoms with E-state index >= 15 is 0 Å². The lowest BCUT2D eigenvalue weighted by Crippen LogP contribution is -2.24. The number of carbonyl (C=O) groups excluding carboxylic acids is 1. The highest BCUT2D eigenvalue weighted by Crippen LogP contribution is 2.46. The summed E-state index contributed by atoms with van der Waals surface area (Å²) >= 11 is 15.5. The molecule has 0 bridgehead atoms. The average Bonchev–Trinajstić information content (AvgIpc) is 3.36. The van der Waals surface area contributed by atoms with Crippen LogP contribution in [0.5, 0.6) is 5.75 Å². The SMILES string of the molecule is CCOc1ccc2nc(-n3nc(C)c4c3NC(=O)CC4c3sc(Cl)cc3Cl)sc2c1. The zero-order valence-corrected chi connectivity index (χ0v) is 19.2. The quantitative estimate of drug-likeness (QED) is 0.388. The Morgan fingerprint density at radius 3 is 2.87 bits per heavy atom. The molecule has 3 aromatic heterocycles. The second kappa shape index (κ2) is 7.53. The summed E-state index contributed by atoms with van der Waals surface area (Å²) in [5.41, 5.74) is 2.63. The Kier molecular flexibility index (Phi) is 4.97. The van der Waals surface area contributed by atoms with Crippen LogP contribution in [0.15, 0.2) is 24.3 Å². The van der Waals surface area contributed by atoms with Gasteiger partial charge in [0, 0.05) is 22.8 Å². The molecule has 4 aromatic rings. The third-order valence-electron chi connectivity index (χ3n) is 4.94. The van der Waals surface area contributed by atoms with Crippen molar-refractivity contribution in [3.05, 3.63) is 49.8 Å². The first-order valence-corrected chi connectivity index (χ1v) is 11.7. The Morgan fingerprint density at radius 2 is 2.13 bits per heavy atom. The molecule has 5 rings (SSSR count). The van der Waals surface area contributed by atoms with E-state index in [1.807, 2.05) is 32.0 Å². The predicted octanol–water partition coefficient (Wildman–Crippen LogP) is 6.03. The molecule has 1 aliphatic heterocycles. The zero-order valence-electron chi connectivity index (χ0n) is 16.0. The number of hydrogen-bond acceptors (Lipinski definition) is 6. The van der Waals surface area contributed by atoms with E-state index in [0.29, 0.717) is 33.3 Å². The summed E-state index contributed by atoms with van der Waals surface area (Å²) in [5, 5.41) is 8.95. The normalized spacial score (nSPS) is 16.0. The fourth-order valence-electron chi connectivity index (χ4n) is 3.74. The van der Waals surface area contributed by atoms with Crippen LogP contribution in [-0.4, -0.2) is 27.3 Å². The molecule has 4 heterocycles. The topological polar surface area (TPSA) is 69.0 Å². The van der Waals surface area contributed by atoms with Gasteiger partial charge in [0.15, 0.2) is 0 Å². The number of carbonyl (C=O) groups is 1. The Morgan fingerprint density at radius 1 is 1.30 bits per heavy atom. The number of ether oxygens (including phenoxy) is 1. The number of amides is 1. The van der Waals surface area contributed by atoms with Gasteiger partial charge in [0.1, 0.15) is 11.6 Å². The number of halogens is 2. The number of benzene rings is 1. The van der Waals surface area contributed by atoms with E-state index < -0.39 is 0 Å². The first kappa shape index (κ1) is 19.8. The van der Waals surface area contributed by atoms with Crippen molar-refractivity contribution in [1.82, 2.24) is 14.8 Å². The number of anilines is 1. The van der Waals surface area contributed by atoms with E-state index in [1.165, 1.54) is 22.7 Å². The Balaban J connectivity index is 1.64. The van der Waals surface area contributed by atoms with Crippen molar-refractivity contribution in [2.45, 2.75) is 26.2 Å². The average molecular weight is 479 g/mol. The summed E-state index contributed by atoms with van der Waals surface area (Å²) in [5.74, 6) is 1.16. The summed E-state index contributed by atoms with van der Waals surface area (Å²) in [7, 11) is 0. The highest BCUT2D eigenvalue weighted by atomic mass is 35.5. The van der Waals surface area contributed by atoms with Crippen molar-refractivity contribution in [2.75, 3.05) is 11.9 Å². The first-order chi connectivity index (χ1) is 14.4. The summed E-state index contributed by atoms with van der Waals surface area (Å²) in [6, 6.07) is 7.52. The van der Waals surface area contributed by atoms with Gasteiger partial charge in [-0.25, -0.2) is 4.98 Å². The number of hydrogen-bond donors (Lipinski definition) is 1. The number of nitrogens with one attached hydrogen (secondary N) is 1. The number of thiazole rings is 1. The van der Waals surface area contributed by atoms with Gasteiger partial charge in [-0.2, -0.15) is 9.78 Å². The predicted molar refractivity (Wildman–Crippen MR) is 122 cm³/mol. The standard InChI is InChI=1S/C20H16Cl2N4O2S2/c1-3-28-10-4-5-13-14(6-10)29-20(23-13)26-19-17(9(2)25-26)11(7-16(27)24-19)18-12(21)8-15(22)30-18/h4-6,8,11H,3,7H2,1-2H3,(H,24,27). The van der Waals surface area contributed by atoms with Crippen LogP contribution < -0.4 is 10.1 Å². The van der Waals surface area contributed by atoms with E-state index in [1.54, 1.807) is 10.7 Å². The molecule has 0 fully saturated rings. The molecular weight excluding hydrogens is 463 g/mol. The van der Waals surface area contributed by atoms with Crippen molar-refractivity contribution in [1.29, 1.82) is 0 Å². The highest BCUT2D eigenvalue weighted by molar-refractivity contribution is 7.20. The molecule has 1 N–H and O–H groups in total. The van der Waals surface area contributed by atoms with E-state index in [4.69, 9.17) is 38.0 Å². The fraction of sp³-hybridized carbons (Fsp3) is 0.250. The smallest absolute Gasteiger partial charge is 0.226 e. The number of nitrogens with zero attached hydrogens (tertiary/aromatic N) is 3. The third kappa shape index (κ3) is 3.28. The lowest BCUT2D eigenvalue weighted by atomic mass is 9.91. The van der Waals surface area contributed by atoms with Crippen molar-refractivity contribution in [3.63, 3.8) is 0 Å². The Hall–Kier alpha value is -2.13. The molecule has 10 heteroatoms. The zero-order chi connectivity index (χ0) is 21.0. The van der Waals surface area contributed by atoms with Crippen molar-refractivity contribution in [2.24, 2.45) is 0 Å². The number of aromatic nitrogens is 3. The Bertz CT molecular complexity index is 1290. The van der Waals surface area contributed by atoms with Gasteiger partial charge < -0.3 is 10.1 Å². The van der Waals surface area contributed by atoms with Gasteiger partial charge in [-0.15, -0.1) is 11.3 Å². The molecule has 1 atom stereocenters. The molecule has 6 nitrogen and oxygen atoms in total. The fourth-order valence-corrected chi connectivity index (χ4v) is 6.42. The minimum atomic E-state index is -0.188. The third-order valence-corrected chi connectivity index (χ3v) is 7.74. The van der Waals surface area contributed by atoms with Crippen LogP contribution >= 0.6 is 45.9 Å². The molecule has 1 aromatic carbocycles. The molecule has 30 heavy (non-hydrogen) atoms. The molecule has 0 spiro atoms. The van der Waals surface area contributed by atoms with Crippen molar-refractivity contribution >= 4 is 67.8 Å². The summed E-state index contributed by atoms with van der Waals surface area (Å²) in [6.07, 6.45) is 0.299. The molecule has 0 saturated carbocycles. The molecule has 0 saturated heterocycles. The lowest BCUT2D eigenvalue weighted by Gasteiger charge is -2.23. The van der Waals surface area contributed by atoms with Gasteiger partial charge in [-0.1, -0.05) is 34.5 Å². The minimum absolute atomic E-state index is 0.0889. The molecule has 154 valence electrons. The van der Waals surface area contributed by atoms with Crippen LogP contribution in [0.3, 0.4) is 0 Å². The van der Waals surface area contributed by atoms with Gasteiger partial charge in [0.05, 0.1) is 31.9 Å². The second-order valence-corrected chi connectivity index (χ2v) is 10.0. The van der Waals surface area contributed by atoms with E-state index in [2.05, 4.69) is 5.32 Å². The van der Waals surface area contributed by atoms with E-state index in [0.717, 1.165) is 32.1 Å². The van der Waals surface area contributed by atoms with E-state index in [9.17, 15) is 4.79 Å². The van der Waals surface area contributed by atoms with Gasteiger partial charge in [0.2, 0.25) is 11.0 Å². The van der Waals surface area contributed by atoms with Gasteiger partial charge in [-0.05, 0) is 38.1 Å². The van der Waals surface area contributed by atoms with E-state index in [-0.39, 0.29) is 11.8 Å². The lowest BCUT2D eigenvalue weighted by molar-refractivity contribution is -0.116. The first-order valence-electron chi connectivity index (χ1n) is 9.32. The molecule has 1 unspecified atom stereocenters. The van der Waals surface area contributed by atoms with Gasteiger partial charge in [-0.3, -0.25) is 4.79 Å². The number of aryl methyl sites for hydroxylation is 1. The highest BCUT2D eigenvalue weighted by Gasteiger charge is 2.35. The summed E-state index contributed by atoms with van der Waals surface area (Å²) < 4.78 is 8.89. The van der Waals surface area contributed by atoms with Crippen LogP contribution in [0, 0.1) is 6.92 Å². The monoisotopic (exact) mass is 478 g/mol. The molecule has 1 amide bonds. The van der Waals surface area contributed by atoms with Crippen LogP contribution in [0.2, 0.25) is 9.36 Å². The second-order valence-electron chi connectivity index (χ2n) is 6.89. The van der Waals surface area contributed by atoms with Gasteiger partial charge >= 0.3 is 0 Å². The van der Waals surface area contributed by atoms with Crippen LogP contribution in [0.25, 0.3) is 15.3 Å². The maximum absolute atomic E-state index is 12.6. The maximum atomic E-state index is 12.6. The maximum Gasteiger partial charge on any atom is 0.226 e. The molecule has 1 aliphatic rings. The summed E-state index contributed by atoms with van der Waals surface area (Å²) in [4.78, 5) is 18.2. The van der Waals surface area contributed by atoms with Crippen LogP contribution in [-0.2, 0) is 4.79 Å². The number of rotatable bonds is 4. The number of thiophene rings is 1. The van der Waals surface area contributed by atoms with Crippen LogP contribution in [0.4, 0.5) is 5.82 Å². The molecule has 0 aliphatic carbocycles. The Labute approximate surface area is 190 Å². The van der Waals surface area contributed by atoms with Crippen molar-refractivity contribution in [3.8, 4) is 10.9 Å². The minimum Gasteiger partial charge on any atom is -0.494 e. The van der Waals surface area contributed by atoms with Crippen LogP contribution in [0.1, 0.15) is 35.4 Å². The van der Waals surface area contributed by atoms with Crippen molar-refractivity contribution < 1.29 is 9.53 Å².